The molecule has 4 rings (SSSR count). The summed E-state index contributed by atoms with van der Waals surface area (Å²) in [5.74, 6) is -4.26. The number of carbonyl (C=O) groups is 1. The van der Waals surface area contributed by atoms with Gasteiger partial charge >= 0.3 is 5.97 Å². The third-order valence-corrected chi connectivity index (χ3v) is 5.54. The van der Waals surface area contributed by atoms with Gasteiger partial charge < -0.3 is 26.0 Å². The number of nitrogens with two attached hydrogens (primary N) is 2. The predicted molar refractivity (Wildman–Crippen MR) is 97.4 cm³/mol. The molecule has 1 aromatic carbocycles. The van der Waals surface area contributed by atoms with Crippen LogP contribution in [0.3, 0.4) is 0 Å². The van der Waals surface area contributed by atoms with E-state index < -0.39 is 64.0 Å². The first-order valence-corrected chi connectivity index (χ1v) is 8.91. The Morgan fingerprint density at radius 1 is 1.25 bits per heavy atom. The number of carboxylic acids is 1. The predicted octanol–water partition coefficient (Wildman–Crippen LogP) is 1.63. The van der Waals surface area contributed by atoms with Gasteiger partial charge in [-0.3, -0.25) is 9.18 Å². The molecule has 1 saturated heterocycles. The third-order valence-electron chi connectivity index (χ3n) is 5.54. The molecule has 2 unspecified atom stereocenters. The highest BCUT2D eigenvalue weighted by Crippen LogP contribution is 2.42. The fourth-order valence-electron chi connectivity index (χ4n) is 3.87. The Bertz CT molecular complexity index is 1050. The molecule has 0 radical (unpaired) electrons. The van der Waals surface area contributed by atoms with Crippen molar-refractivity contribution >= 4 is 28.2 Å². The number of benzene rings is 1. The van der Waals surface area contributed by atoms with Crippen LogP contribution in [-0.2, 0) is 0 Å². The van der Waals surface area contributed by atoms with E-state index in [1.165, 1.54) is 9.47 Å². The van der Waals surface area contributed by atoms with Crippen LogP contribution in [0, 0.1) is 17.6 Å². The molecule has 10 heteroatoms. The molecule has 2 heterocycles. The summed E-state index contributed by atoms with van der Waals surface area (Å²) in [6.45, 7) is -0.676. The summed E-state index contributed by atoms with van der Waals surface area (Å²) in [5.41, 5.74) is 8.74. The Hall–Kier alpha value is -2.75. The summed E-state index contributed by atoms with van der Waals surface area (Å²) in [6, 6.07) is -0.798. The SMILES string of the molecule is Nc1c(F)c(N2CC(N)C(CF)C2)c(F)c2c1c(=O)c(C(=O)O)cn2C1CC1. The fraction of sp³-hybridized carbons (Fsp3) is 0.444. The minimum absolute atomic E-state index is 0.0112. The number of rotatable bonds is 4. The normalized spacial score (nSPS) is 22.2. The van der Waals surface area contributed by atoms with E-state index in [1.807, 2.05) is 0 Å². The van der Waals surface area contributed by atoms with Crippen molar-refractivity contribution in [2.24, 2.45) is 11.7 Å². The van der Waals surface area contributed by atoms with Gasteiger partial charge in [-0.2, -0.15) is 0 Å². The largest absolute Gasteiger partial charge is 0.477 e. The number of aromatic nitrogens is 1. The molecule has 5 N–H and O–H groups in total. The minimum atomic E-state index is -1.50. The molecule has 28 heavy (non-hydrogen) atoms. The van der Waals surface area contributed by atoms with E-state index in [2.05, 4.69) is 0 Å². The van der Waals surface area contributed by atoms with E-state index in [4.69, 9.17) is 11.5 Å². The average Bonchev–Trinajstić information content (AvgIpc) is 3.42. The lowest BCUT2D eigenvalue weighted by atomic mass is 10.1. The molecular weight excluding hydrogens is 377 g/mol. The van der Waals surface area contributed by atoms with Crippen LogP contribution in [0.1, 0.15) is 29.2 Å². The van der Waals surface area contributed by atoms with Gasteiger partial charge in [0.2, 0.25) is 5.43 Å². The zero-order valence-electron chi connectivity index (χ0n) is 14.8. The van der Waals surface area contributed by atoms with E-state index in [9.17, 15) is 19.1 Å². The van der Waals surface area contributed by atoms with E-state index in [0.29, 0.717) is 12.8 Å². The Balaban J connectivity index is 2.03. The second kappa shape index (κ2) is 6.40. The van der Waals surface area contributed by atoms with Crippen LogP contribution in [0.15, 0.2) is 11.0 Å². The van der Waals surface area contributed by atoms with Crippen molar-refractivity contribution in [3.05, 3.63) is 33.6 Å². The molecule has 2 atom stereocenters. The number of nitrogen functional groups attached to an aromatic ring is 1. The number of anilines is 2. The van der Waals surface area contributed by atoms with E-state index >= 15 is 8.78 Å². The van der Waals surface area contributed by atoms with Gasteiger partial charge in [-0.15, -0.1) is 0 Å². The smallest absolute Gasteiger partial charge is 0.341 e. The molecule has 0 amide bonds. The van der Waals surface area contributed by atoms with Crippen LogP contribution in [-0.4, -0.2) is 41.4 Å². The van der Waals surface area contributed by atoms with Crippen molar-refractivity contribution in [1.82, 2.24) is 4.57 Å². The number of aromatic carboxylic acids is 1. The summed E-state index contributed by atoms with van der Waals surface area (Å²) in [6.07, 6.45) is 2.41. The van der Waals surface area contributed by atoms with E-state index in [-0.39, 0.29) is 24.6 Å². The number of hydrogen-bond donors (Lipinski definition) is 3. The van der Waals surface area contributed by atoms with Gasteiger partial charge in [0.25, 0.3) is 0 Å². The second-order valence-electron chi connectivity index (χ2n) is 7.41. The maximum Gasteiger partial charge on any atom is 0.341 e. The van der Waals surface area contributed by atoms with Crippen LogP contribution in [0.2, 0.25) is 0 Å². The lowest BCUT2D eigenvalue weighted by molar-refractivity contribution is 0.0695. The summed E-state index contributed by atoms with van der Waals surface area (Å²) in [7, 11) is 0. The number of pyridine rings is 1. The van der Waals surface area contributed by atoms with E-state index in [1.54, 1.807) is 0 Å². The summed E-state index contributed by atoms with van der Waals surface area (Å²) >= 11 is 0. The summed E-state index contributed by atoms with van der Waals surface area (Å²) in [4.78, 5) is 25.3. The first kappa shape index (κ1) is 18.6. The molecule has 1 aromatic heterocycles. The molecule has 1 saturated carbocycles. The molecular formula is C18H19F3N4O3. The van der Waals surface area contributed by atoms with Gasteiger partial charge in [0, 0.05) is 37.3 Å². The fourth-order valence-corrected chi connectivity index (χ4v) is 3.87. The molecule has 1 aliphatic heterocycles. The summed E-state index contributed by atoms with van der Waals surface area (Å²) in [5, 5.41) is 8.80. The highest BCUT2D eigenvalue weighted by Gasteiger charge is 2.37. The van der Waals surface area contributed by atoms with Crippen LogP contribution >= 0.6 is 0 Å². The number of alkyl halides is 1. The number of carboxylic acid groups (broad SMARTS) is 1. The van der Waals surface area contributed by atoms with Crippen LogP contribution < -0.4 is 21.8 Å². The number of halogens is 3. The number of hydrogen-bond acceptors (Lipinski definition) is 5. The highest BCUT2D eigenvalue weighted by molar-refractivity contribution is 5.99. The van der Waals surface area contributed by atoms with Crippen molar-refractivity contribution in [1.29, 1.82) is 0 Å². The third kappa shape index (κ3) is 2.62. The molecule has 0 bridgehead atoms. The first-order chi connectivity index (χ1) is 13.3. The average molecular weight is 396 g/mol. The number of fused-ring (bicyclic) bond motifs is 1. The molecule has 2 aromatic rings. The van der Waals surface area contributed by atoms with Gasteiger partial charge in [0.05, 0.1) is 23.3 Å². The van der Waals surface area contributed by atoms with Crippen molar-refractivity contribution in [3.8, 4) is 0 Å². The topological polar surface area (TPSA) is 115 Å². The van der Waals surface area contributed by atoms with Crippen LogP contribution in [0.4, 0.5) is 24.5 Å². The minimum Gasteiger partial charge on any atom is -0.477 e. The molecule has 1 aliphatic carbocycles. The lowest BCUT2D eigenvalue weighted by Crippen LogP contribution is -2.31. The first-order valence-electron chi connectivity index (χ1n) is 8.91. The number of nitrogens with zero attached hydrogens (tertiary/aromatic N) is 2. The van der Waals surface area contributed by atoms with Gasteiger partial charge in [-0.05, 0) is 12.8 Å². The zero-order chi connectivity index (χ0) is 20.3. The molecule has 2 aliphatic rings. The second-order valence-corrected chi connectivity index (χ2v) is 7.41. The maximum absolute atomic E-state index is 15.5. The quantitative estimate of drug-likeness (QED) is 0.677. The molecule has 2 fully saturated rings. The Morgan fingerprint density at radius 2 is 1.93 bits per heavy atom. The van der Waals surface area contributed by atoms with Gasteiger partial charge in [-0.1, -0.05) is 0 Å². The van der Waals surface area contributed by atoms with Gasteiger partial charge in [-0.25, -0.2) is 13.6 Å². The Morgan fingerprint density at radius 3 is 2.46 bits per heavy atom. The molecule has 0 spiro atoms. The zero-order valence-corrected chi connectivity index (χ0v) is 14.8. The standard InChI is InChI=1S/C18H19F3N4O3/c19-3-7-4-24(6-10(7)22)16-12(20)14(23)11-15(13(16)21)25(8-1-2-8)5-9(17(11)26)18(27)28/h5,7-8,10H,1-4,6,22-23H2,(H,27,28). The van der Waals surface area contributed by atoms with E-state index in [0.717, 1.165) is 6.20 Å². The summed E-state index contributed by atoms with van der Waals surface area (Å²) < 4.78 is 45.0. The monoisotopic (exact) mass is 396 g/mol. The maximum atomic E-state index is 15.5. The van der Waals surface area contributed by atoms with Crippen LogP contribution in [0.5, 0.6) is 0 Å². The molecule has 150 valence electrons. The Labute approximate surface area is 157 Å². The molecule has 7 nitrogen and oxygen atoms in total. The van der Waals surface area contributed by atoms with Crippen LogP contribution in [0.25, 0.3) is 10.9 Å². The van der Waals surface area contributed by atoms with Crippen molar-refractivity contribution in [2.75, 3.05) is 30.4 Å². The lowest BCUT2D eigenvalue weighted by Gasteiger charge is -2.23. The highest BCUT2D eigenvalue weighted by atomic mass is 19.1. The van der Waals surface area contributed by atoms with Crippen molar-refractivity contribution in [3.63, 3.8) is 0 Å². The Kier molecular flexibility index (Phi) is 4.25. The van der Waals surface area contributed by atoms with Crippen molar-refractivity contribution < 1.29 is 23.1 Å². The van der Waals surface area contributed by atoms with Gasteiger partial charge in [0.15, 0.2) is 11.6 Å². The van der Waals surface area contributed by atoms with Crippen molar-refractivity contribution in [2.45, 2.75) is 24.9 Å². The van der Waals surface area contributed by atoms with Gasteiger partial charge in [0.1, 0.15) is 11.3 Å².